The van der Waals surface area contributed by atoms with Crippen LogP contribution in [0.25, 0.3) is 0 Å². The van der Waals surface area contributed by atoms with Gasteiger partial charge in [0.25, 0.3) is 0 Å². The second-order valence-electron chi connectivity index (χ2n) is 5.95. The summed E-state index contributed by atoms with van der Waals surface area (Å²) >= 11 is 0. The number of anilines is 2. The van der Waals surface area contributed by atoms with E-state index in [0.717, 1.165) is 0 Å². The summed E-state index contributed by atoms with van der Waals surface area (Å²) in [7, 11) is 1.93. The molecule has 2 heterocycles. The Morgan fingerprint density at radius 3 is 2.50 bits per heavy atom. The fraction of sp³-hybridized carbons (Fsp3) is 0.769. The van der Waals surface area contributed by atoms with Gasteiger partial charge in [-0.25, -0.2) is 13.1 Å². The molecule has 0 spiro atoms. The summed E-state index contributed by atoms with van der Waals surface area (Å²) in [6, 6.07) is 0. The second-order valence-corrected chi connectivity index (χ2v) is 8.11. The monoisotopic (exact) mass is 328 g/mol. The molecule has 0 amide bonds. The molecule has 1 aromatic heterocycles. The number of sulfonamides is 1. The predicted octanol–water partition coefficient (Wildman–Crippen LogP) is 0.189. The smallest absolute Gasteiger partial charge is 0.230 e. The maximum absolute atomic E-state index is 11.9. The van der Waals surface area contributed by atoms with E-state index in [1.807, 2.05) is 37.7 Å². The van der Waals surface area contributed by atoms with E-state index < -0.39 is 15.3 Å². The summed E-state index contributed by atoms with van der Waals surface area (Å²) < 4.78 is 26.3. The Morgan fingerprint density at radius 2 is 1.95 bits per heavy atom. The van der Waals surface area contributed by atoms with Crippen LogP contribution in [0, 0.1) is 0 Å². The minimum absolute atomic E-state index is 0.180. The van der Waals surface area contributed by atoms with Crippen molar-refractivity contribution in [3.8, 4) is 0 Å². The normalized spacial score (nSPS) is 19.0. The van der Waals surface area contributed by atoms with Crippen molar-refractivity contribution in [3.05, 3.63) is 5.82 Å². The Kier molecular flexibility index (Phi) is 4.86. The molecule has 1 aliphatic rings. The molecule has 1 atom stereocenters. The zero-order valence-corrected chi connectivity index (χ0v) is 14.6. The summed E-state index contributed by atoms with van der Waals surface area (Å²) in [4.78, 5) is 17.1. The molecule has 9 heteroatoms. The predicted molar refractivity (Wildman–Crippen MR) is 86.8 cm³/mol. The maximum Gasteiger partial charge on any atom is 0.230 e. The number of aromatic nitrogens is 3. The van der Waals surface area contributed by atoms with E-state index in [0.29, 0.717) is 37.2 Å². The molecule has 1 saturated heterocycles. The Labute approximate surface area is 132 Å². The zero-order valence-electron chi connectivity index (χ0n) is 13.7. The molecule has 0 bridgehead atoms. The van der Waals surface area contributed by atoms with Crippen molar-refractivity contribution < 1.29 is 8.42 Å². The van der Waals surface area contributed by atoms with Crippen molar-refractivity contribution in [3.63, 3.8) is 0 Å². The second kappa shape index (κ2) is 6.33. The first kappa shape index (κ1) is 16.9. The third kappa shape index (κ3) is 3.46. The number of rotatable bonds is 5. The topological polar surface area (TPSA) is 91.3 Å². The van der Waals surface area contributed by atoms with E-state index in [9.17, 15) is 8.42 Å². The molecule has 0 aliphatic carbocycles. The minimum Gasteiger partial charge on any atom is -0.347 e. The molecule has 0 saturated carbocycles. The van der Waals surface area contributed by atoms with E-state index in [1.165, 1.54) is 7.05 Å². The van der Waals surface area contributed by atoms with Gasteiger partial charge in [-0.05, 0) is 13.5 Å². The Hall–Kier alpha value is -1.48. The first-order valence-corrected chi connectivity index (χ1v) is 8.90. The number of nitrogens with zero attached hydrogens (tertiary/aromatic N) is 5. The molecule has 1 aromatic rings. The highest BCUT2D eigenvalue weighted by Crippen LogP contribution is 2.23. The van der Waals surface area contributed by atoms with Crippen LogP contribution in [-0.2, 0) is 10.0 Å². The van der Waals surface area contributed by atoms with Gasteiger partial charge in [0.15, 0.2) is 0 Å². The number of hydrogen-bond donors (Lipinski definition) is 1. The van der Waals surface area contributed by atoms with Crippen LogP contribution in [0.2, 0.25) is 0 Å². The largest absolute Gasteiger partial charge is 0.347 e. The first-order chi connectivity index (χ1) is 10.2. The molecule has 124 valence electrons. The van der Waals surface area contributed by atoms with Crippen molar-refractivity contribution >= 4 is 21.9 Å². The number of hydrogen-bond acceptors (Lipinski definition) is 7. The number of nitrogens with one attached hydrogen (secondary N) is 1. The highest BCUT2D eigenvalue weighted by molar-refractivity contribution is 7.90. The van der Waals surface area contributed by atoms with Crippen LogP contribution in [0.4, 0.5) is 11.9 Å². The van der Waals surface area contributed by atoms with Crippen LogP contribution in [0.3, 0.4) is 0 Å². The van der Waals surface area contributed by atoms with Gasteiger partial charge in [0.05, 0.1) is 5.25 Å². The summed E-state index contributed by atoms with van der Waals surface area (Å²) in [5.41, 5.74) is 0. The van der Waals surface area contributed by atoms with Crippen LogP contribution in [0.5, 0.6) is 0 Å². The lowest BCUT2D eigenvalue weighted by Gasteiger charge is -2.20. The first-order valence-electron chi connectivity index (χ1n) is 7.35. The van der Waals surface area contributed by atoms with Crippen LogP contribution in [-0.4, -0.2) is 62.9 Å². The van der Waals surface area contributed by atoms with Crippen molar-refractivity contribution in [1.82, 2.24) is 19.7 Å². The van der Waals surface area contributed by atoms with Crippen LogP contribution < -0.4 is 14.5 Å². The highest BCUT2D eigenvalue weighted by atomic mass is 32.2. The van der Waals surface area contributed by atoms with E-state index in [-0.39, 0.29) is 5.92 Å². The minimum atomic E-state index is -3.27. The van der Waals surface area contributed by atoms with E-state index in [1.54, 1.807) is 0 Å². The lowest BCUT2D eigenvalue weighted by Crippen LogP contribution is -2.34. The molecule has 1 N–H and O–H groups in total. The van der Waals surface area contributed by atoms with Crippen LogP contribution in [0.1, 0.15) is 32.0 Å². The van der Waals surface area contributed by atoms with Crippen LogP contribution >= 0.6 is 0 Å². The Balaban J connectivity index is 2.30. The standard InChI is InChI=1S/C13H24N6O2S/c1-9(2)11-15-12(18(4)5)17-13(16-11)19-7-6-10(8-19)22(20,21)14-3/h9-10,14H,6-8H2,1-5H3. The molecule has 8 nitrogen and oxygen atoms in total. The molecule has 1 unspecified atom stereocenters. The van der Waals surface area contributed by atoms with E-state index >= 15 is 0 Å². The zero-order chi connectivity index (χ0) is 16.5. The summed E-state index contributed by atoms with van der Waals surface area (Å²) in [6.45, 7) is 5.07. The van der Waals surface area contributed by atoms with Gasteiger partial charge in [-0.3, -0.25) is 0 Å². The van der Waals surface area contributed by atoms with Gasteiger partial charge in [-0.15, -0.1) is 0 Å². The average Bonchev–Trinajstić information content (AvgIpc) is 2.97. The van der Waals surface area contributed by atoms with Gasteiger partial charge in [0.2, 0.25) is 21.9 Å². The SMILES string of the molecule is CNS(=O)(=O)C1CCN(c2nc(C(C)C)nc(N(C)C)n2)C1. The van der Waals surface area contributed by atoms with Crippen molar-refractivity contribution in [2.45, 2.75) is 31.4 Å². The van der Waals surface area contributed by atoms with E-state index in [4.69, 9.17) is 0 Å². The Morgan fingerprint density at radius 1 is 1.27 bits per heavy atom. The lowest BCUT2D eigenvalue weighted by atomic mass is 10.2. The molecule has 0 radical (unpaired) electrons. The highest BCUT2D eigenvalue weighted by Gasteiger charge is 2.33. The third-order valence-electron chi connectivity index (χ3n) is 3.70. The summed E-state index contributed by atoms with van der Waals surface area (Å²) in [5, 5.41) is -0.431. The molecule has 1 aliphatic heterocycles. The maximum atomic E-state index is 11.9. The quantitative estimate of drug-likeness (QED) is 0.825. The molecule has 2 rings (SSSR count). The summed E-state index contributed by atoms with van der Waals surface area (Å²) in [5.74, 6) is 2.04. The van der Waals surface area contributed by atoms with Gasteiger partial charge in [0.1, 0.15) is 5.82 Å². The van der Waals surface area contributed by atoms with Gasteiger partial charge in [-0.1, -0.05) is 13.8 Å². The fourth-order valence-corrected chi connectivity index (χ4v) is 3.42. The van der Waals surface area contributed by atoms with Crippen LogP contribution in [0.15, 0.2) is 0 Å². The molecule has 1 fully saturated rings. The van der Waals surface area contributed by atoms with Crippen molar-refractivity contribution in [2.24, 2.45) is 0 Å². The van der Waals surface area contributed by atoms with Gasteiger partial charge in [-0.2, -0.15) is 15.0 Å². The summed E-state index contributed by atoms with van der Waals surface area (Å²) in [6.07, 6.45) is 0.573. The molecule has 0 aromatic carbocycles. The molecule has 22 heavy (non-hydrogen) atoms. The molecular formula is C13H24N6O2S. The van der Waals surface area contributed by atoms with Gasteiger partial charge >= 0.3 is 0 Å². The van der Waals surface area contributed by atoms with E-state index in [2.05, 4.69) is 19.7 Å². The Bertz CT molecular complexity index is 605. The van der Waals surface area contributed by atoms with Crippen molar-refractivity contribution in [1.29, 1.82) is 0 Å². The van der Waals surface area contributed by atoms with Gasteiger partial charge < -0.3 is 9.80 Å². The van der Waals surface area contributed by atoms with Crippen molar-refractivity contribution in [2.75, 3.05) is 44.0 Å². The fourth-order valence-electron chi connectivity index (χ4n) is 2.30. The lowest BCUT2D eigenvalue weighted by molar-refractivity contribution is 0.575. The average molecular weight is 328 g/mol. The molecular weight excluding hydrogens is 304 g/mol. The van der Waals surface area contributed by atoms with Gasteiger partial charge in [0, 0.05) is 33.1 Å². The third-order valence-corrected chi connectivity index (χ3v) is 5.53.